The lowest BCUT2D eigenvalue weighted by Crippen LogP contribution is -2.33. The molecule has 0 spiro atoms. The van der Waals surface area contributed by atoms with Crippen LogP contribution in [0, 0.1) is 6.92 Å². The predicted molar refractivity (Wildman–Crippen MR) is 111 cm³/mol. The second kappa shape index (κ2) is 7.29. The molecule has 25 heavy (non-hydrogen) atoms. The molecule has 1 aliphatic heterocycles. The Morgan fingerprint density at radius 3 is 2.32 bits per heavy atom. The van der Waals surface area contributed by atoms with E-state index in [0.29, 0.717) is 9.23 Å². The molecular formula is C19H19N3OS2. The zero-order valence-electron chi connectivity index (χ0n) is 14.3. The Morgan fingerprint density at radius 2 is 1.72 bits per heavy atom. The van der Waals surface area contributed by atoms with Gasteiger partial charge in [0, 0.05) is 19.8 Å². The van der Waals surface area contributed by atoms with E-state index in [-0.39, 0.29) is 5.91 Å². The van der Waals surface area contributed by atoms with Crippen molar-refractivity contribution < 1.29 is 4.79 Å². The summed E-state index contributed by atoms with van der Waals surface area (Å²) in [7, 11) is 3.99. The van der Waals surface area contributed by atoms with Crippen LogP contribution in [0.15, 0.2) is 53.4 Å². The standard InChI is InChI=1S/C19H19N3OS2/c1-13-4-8-15(9-5-13)20-22-18(23)17(25-19(22)24)12-14-6-10-16(11-7-14)21(2)3/h4-12,20H,1-3H3/b17-12+. The van der Waals surface area contributed by atoms with Crippen LogP contribution in [0.2, 0.25) is 0 Å². The van der Waals surface area contributed by atoms with Crippen LogP contribution in [0.3, 0.4) is 0 Å². The van der Waals surface area contributed by atoms with E-state index in [9.17, 15) is 4.79 Å². The fourth-order valence-electron chi connectivity index (χ4n) is 2.34. The first-order valence-electron chi connectivity index (χ1n) is 7.83. The van der Waals surface area contributed by atoms with Crippen molar-refractivity contribution in [1.82, 2.24) is 5.01 Å². The number of thiocarbonyl (C=S) groups is 1. The van der Waals surface area contributed by atoms with Gasteiger partial charge < -0.3 is 4.90 Å². The summed E-state index contributed by atoms with van der Waals surface area (Å²) < 4.78 is 0.502. The van der Waals surface area contributed by atoms with Gasteiger partial charge in [0.15, 0.2) is 4.32 Å². The SMILES string of the molecule is Cc1ccc(NN2C(=O)/C(=C\c3ccc(N(C)C)cc3)SC2=S)cc1. The van der Waals surface area contributed by atoms with Crippen molar-refractivity contribution in [3.63, 3.8) is 0 Å². The van der Waals surface area contributed by atoms with E-state index < -0.39 is 0 Å². The van der Waals surface area contributed by atoms with Crippen molar-refractivity contribution in [3.05, 3.63) is 64.6 Å². The molecule has 4 nitrogen and oxygen atoms in total. The highest BCUT2D eigenvalue weighted by atomic mass is 32.2. The van der Waals surface area contributed by atoms with E-state index in [2.05, 4.69) is 5.43 Å². The molecule has 1 fully saturated rings. The number of carbonyl (C=O) groups excluding carboxylic acids is 1. The number of amides is 1. The Morgan fingerprint density at radius 1 is 1.08 bits per heavy atom. The number of hydrazine groups is 1. The normalized spacial score (nSPS) is 15.8. The van der Waals surface area contributed by atoms with Crippen molar-refractivity contribution in [2.75, 3.05) is 24.4 Å². The van der Waals surface area contributed by atoms with E-state index in [0.717, 1.165) is 22.5 Å². The second-order valence-corrected chi connectivity index (χ2v) is 7.66. The molecule has 1 saturated heterocycles. The van der Waals surface area contributed by atoms with Gasteiger partial charge in [-0.3, -0.25) is 10.2 Å². The first kappa shape index (κ1) is 17.5. The largest absolute Gasteiger partial charge is 0.378 e. The summed E-state index contributed by atoms with van der Waals surface area (Å²) in [5.41, 5.74) is 7.17. The number of anilines is 2. The maximum atomic E-state index is 12.6. The molecule has 3 rings (SSSR count). The molecule has 1 amide bonds. The highest BCUT2D eigenvalue weighted by Crippen LogP contribution is 2.33. The van der Waals surface area contributed by atoms with E-state index in [1.807, 2.05) is 80.5 Å². The molecule has 0 aliphatic carbocycles. The first-order valence-corrected chi connectivity index (χ1v) is 9.05. The third-order valence-electron chi connectivity index (χ3n) is 3.79. The average Bonchev–Trinajstić information content (AvgIpc) is 2.85. The number of nitrogens with one attached hydrogen (secondary N) is 1. The molecule has 2 aromatic rings. The van der Waals surface area contributed by atoms with Gasteiger partial charge in [-0.05, 0) is 55.0 Å². The minimum atomic E-state index is -0.132. The van der Waals surface area contributed by atoms with Crippen LogP contribution >= 0.6 is 24.0 Å². The predicted octanol–water partition coefficient (Wildman–Crippen LogP) is 4.29. The van der Waals surface area contributed by atoms with Gasteiger partial charge in [0.1, 0.15) is 0 Å². The number of carbonyl (C=O) groups is 1. The van der Waals surface area contributed by atoms with E-state index in [1.54, 1.807) is 0 Å². The Labute approximate surface area is 157 Å². The van der Waals surface area contributed by atoms with Crippen LogP contribution in [-0.4, -0.2) is 29.3 Å². The van der Waals surface area contributed by atoms with E-state index in [1.165, 1.54) is 16.8 Å². The van der Waals surface area contributed by atoms with Gasteiger partial charge >= 0.3 is 0 Å². The average molecular weight is 370 g/mol. The first-order chi connectivity index (χ1) is 11.9. The molecule has 128 valence electrons. The van der Waals surface area contributed by atoms with Gasteiger partial charge in [-0.2, -0.15) is 0 Å². The van der Waals surface area contributed by atoms with Gasteiger partial charge in [-0.15, -0.1) is 0 Å². The number of nitrogens with zero attached hydrogens (tertiary/aromatic N) is 2. The number of benzene rings is 2. The van der Waals surface area contributed by atoms with Gasteiger partial charge in [0.05, 0.1) is 10.6 Å². The van der Waals surface area contributed by atoms with Crippen LogP contribution in [0.4, 0.5) is 11.4 Å². The summed E-state index contributed by atoms with van der Waals surface area (Å²) in [5.74, 6) is -0.132. The topological polar surface area (TPSA) is 35.6 Å². The Hall–Kier alpha value is -2.31. The van der Waals surface area contributed by atoms with Gasteiger partial charge in [0.2, 0.25) is 0 Å². The Bertz CT molecular complexity index is 827. The molecule has 0 atom stereocenters. The van der Waals surface area contributed by atoms with Crippen molar-refractivity contribution >= 4 is 51.7 Å². The third kappa shape index (κ3) is 4.03. The van der Waals surface area contributed by atoms with Crippen LogP contribution in [0.1, 0.15) is 11.1 Å². The van der Waals surface area contributed by atoms with Crippen molar-refractivity contribution in [1.29, 1.82) is 0 Å². The summed E-state index contributed by atoms with van der Waals surface area (Å²) in [6.07, 6.45) is 1.87. The number of rotatable bonds is 4. The molecule has 0 bridgehead atoms. The molecule has 1 N–H and O–H groups in total. The Balaban J connectivity index is 1.77. The van der Waals surface area contributed by atoms with E-state index in [4.69, 9.17) is 12.2 Å². The highest BCUT2D eigenvalue weighted by molar-refractivity contribution is 8.26. The molecular weight excluding hydrogens is 350 g/mol. The van der Waals surface area contributed by atoms with E-state index >= 15 is 0 Å². The summed E-state index contributed by atoms with van der Waals surface area (Å²) in [5, 5.41) is 1.42. The third-order valence-corrected chi connectivity index (χ3v) is 5.10. The molecule has 2 aromatic carbocycles. The van der Waals surface area contributed by atoms with Gasteiger partial charge in [-0.1, -0.05) is 41.6 Å². The minimum Gasteiger partial charge on any atom is -0.378 e. The molecule has 6 heteroatoms. The smallest absolute Gasteiger partial charge is 0.285 e. The summed E-state index contributed by atoms with van der Waals surface area (Å²) in [6.45, 7) is 2.02. The summed E-state index contributed by atoms with van der Waals surface area (Å²) in [4.78, 5) is 15.3. The van der Waals surface area contributed by atoms with Crippen molar-refractivity contribution in [3.8, 4) is 0 Å². The minimum absolute atomic E-state index is 0.132. The monoisotopic (exact) mass is 369 g/mol. The molecule has 0 aromatic heterocycles. The lowest BCUT2D eigenvalue weighted by atomic mass is 10.2. The summed E-state index contributed by atoms with van der Waals surface area (Å²) in [6, 6.07) is 15.9. The molecule has 0 unspecified atom stereocenters. The number of thioether (sulfide) groups is 1. The lowest BCUT2D eigenvalue weighted by Gasteiger charge is -2.17. The fraction of sp³-hybridized carbons (Fsp3) is 0.158. The van der Waals surface area contributed by atoms with Crippen LogP contribution in [0.25, 0.3) is 6.08 Å². The Kier molecular flexibility index (Phi) is 5.11. The number of aryl methyl sites for hydroxylation is 1. The summed E-state index contributed by atoms with van der Waals surface area (Å²) >= 11 is 6.65. The van der Waals surface area contributed by atoms with Crippen molar-refractivity contribution in [2.24, 2.45) is 0 Å². The fourth-order valence-corrected chi connectivity index (χ4v) is 3.52. The maximum Gasteiger partial charge on any atom is 0.285 e. The quantitative estimate of drug-likeness (QED) is 0.643. The zero-order chi connectivity index (χ0) is 18.0. The van der Waals surface area contributed by atoms with Crippen LogP contribution in [-0.2, 0) is 4.79 Å². The number of hydrogen-bond acceptors (Lipinski definition) is 5. The maximum absolute atomic E-state index is 12.6. The molecule has 1 aliphatic rings. The second-order valence-electron chi connectivity index (χ2n) is 5.98. The zero-order valence-corrected chi connectivity index (χ0v) is 15.9. The lowest BCUT2D eigenvalue weighted by molar-refractivity contribution is -0.121. The molecule has 1 heterocycles. The number of hydrogen-bond donors (Lipinski definition) is 1. The van der Waals surface area contributed by atoms with Gasteiger partial charge in [-0.25, -0.2) is 5.01 Å². The van der Waals surface area contributed by atoms with Gasteiger partial charge in [0.25, 0.3) is 5.91 Å². The van der Waals surface area contributed by atoms with Crippen LogP contribution in [0.5, 0.6) is 0 Å². The molecule has 0 radical (unpaired) electrons. The van der Waals surface area contributed by atoms with Crippen LogP contribution < -0.4 is 10.3 Å². The highest BCUT2D eigenvalue weighted by Gasteiger charge is 2.32. The van der Waals surface area contributed by atoms with Crippen molar-refractivity contribution in [2.45, 2.75) is 6.92 Å². The molecule has 0 saturated carbocycles.